The third-order valence-electron chi connectivity index (χ3n) is 6.46. The summed E-state index contributed by atoms with van der Waals surface area (Å²) in [4.78, 5) is 34.0. The van der Waals surface area contributed by atoms with E-state index < -0.39 is 0 Å². The summed E-state index contributed by atoms with van der Waals surface area (Å²) in [7, 11) is 0. The van der Waals surface area contributed by atoms with Crippen molar-refractivity contribution in [2.45, 2.75) is 13.3 Å². The van der Waals surface area contributed by atoms with Crippen LogP contribution in [0.5, 0.6) is 0 Å². The molecule has 5 heteroatoms. The number of fused-ring (bicyclic) bond motifs is 1. The standard InChI is InChI=1S/C29H27N3O2/c1-21(33)31-16-7-17-32(19-18-31)29(34)26-20-28(30-27-11-6-5-10-25(26)27)24-14-12-23(13-15-24)22-8-3-2-4-9-22/h2-6,8-15,20H,7,16-19H2,1H3. The van der Waals surface area contributed by atoms with Crippen LogP contribution in [0.25, 0.3) is 33.3 Å². The van der Waals surface area contributed by atoms with E-state index in [0.29, 0.717) is 31.7 Å². The molecule has 5 nitrogen and oxygen atoms in total. The zero-order valence-corrected chi connectivity index (χ0v) is 19.3. The summed E-state index contributed by atoms with van der Waals surface area (Å²) < 4.78 is 0. The van der Waals surface area contributed by atoms with Crippen molar-refractivity contribution in [3.63, 3.8) is 0 Å². The van der Waals surface area contributed by atoms with Gasteiger partial charge in [-0.15, -0.1) is 0 Å². The third kappa shape index (κ3) is 4.42. The summed E-state index contributed by atoms with van der Waals surface area (Å²) >= 11 is 0. The molecular weight excluding hydrogens is 422 g/mol. The summed E-state index contributed by atoms with van der Waals surface area (Å²) in [6.45, 7) is 4.02. The molecule has 0 saturated carbocycles. The van der Waals surface area contributed by atoms with Crippen LogP contribution in [-0.2, 0) is 4.79 Å². The monoisotopic (exact) mass is 449 g/mol. The van der Waals surface area contributed by atoms with Crippen molar-refractivity contribution in [3.8, 4) is 22.4 Å². The van der Waals surface area contributed by atoms with Crippen LogP contribution in [-0.4, -0.2) is 52.8 Å². The van der Waals surface area contributed by atoms with Gasteiger partial charge in [0.1, 0.15) is 0 Å². The molecule has 0 unspecified atom stereocenters. The van der Waals surface area contributed by atoms with Crippen LogP contribution < -0.4 is 0 Å². The van der Waals surface area contributed by atoms with Gasteiger partial charge in [-0.25, -0.2) is 4.98 Å². The minimum Gasteiger partial charge on any atom is -0.341 e. The Labute approximate surface area is 199 Å². The van der Waals surface area contributed by atoms with Crippen LogP contribution in [0.3, 0.4) is 0 Å². The molecular formula is C29H27N3O2. The van der Waals surface area contributed by atoms with Gasteiger partial charge in [-0.1, -0.05) is 72.8 Å². The van der Waals surface area contributed by atoms with Crippen LogP contribution in [0.15, 0.2) is 84.9 Å². The smallest absolute Gasteiger partial charge is 0.254 e. The minimum absolute atomic E-state index is 0.00819. The average molecular weight is 450 g/mol. The zero-order valence-electron chi connectivity index (χ0n) is 19.3. The fourth-order valence-corrected chi connectivity index (χ4v) is 4.57. The number of nitrogens with zero attached hydrogens (tertiary/aromatic N) is 3. The number of rotatable bonds is 3. The lowest BCUT2D eigenvalue weighted by Gasteiger charge is -2.22. The highest BCUT2D eigenvalue weighted by molar-refractivity contribution is 6.07. The van der Waals surface area contributed by atoms with Gasteiger partial charge in [-0.2, -0.15) is 0 Å². The molecule has 0 radical (unpaired) electrons. The quantitative estimate of drug-likeness (QED) is 0.429. The molecule has 0 aliphatic carbocycles. The minimum atomic E-state index is -0.00819. The van der Waals surface area contributed by atoms with Crippen LogP contribution >= 0.6 is 0 Å². The van der Waals surface area contributed by atoms with Crippen molar-refractivity contribution in [2.75, 3.05) is 26.2 Å². The molecule has 1 fully saturated rings. The summed E-state index contributed by atoms with van der Waals surface area (Å²) in [5.74, 6) is 0.0519. The Bertz CT molecular complexity index is 1330. The first-order chi connectivity index (χ1) is 16.6. The van der Waals surface area contributed by atoms with E-state index in [1.807, 2.05) is 58.3 Å². The van der Waals surface area contributed by atoms with Gasteiger partial charge < -0.3 is 9.80 Å². The summed E-state index contributed by atoms with van der Waals surface area (Å²) in [6.07, 6.45) is 0.780. The molecule has 2 amide bonds. The Balaban J connectivity index is 1.49. The second kappa shape index (κ2) is 9.48. The van der Waals surface area contributed by atoms with Crippen molar-refractivity contribution >= 4 is 22.7 Å². The first kappa shape index (κ1) is 21.8. The Morgan fingerprint density at radius 3 is 2.09 bits per heavy atom. The maximum absolute atomic E-state index is 13.7. The molecule has 34 heavy (non-hydrogen) atoms. The van der Waals surface area contributed by atoms with Crippen LogP contribution in [0.2, 0.25) is 0 Å². The van der Waals surface area contributed by atoms with Gasteiger partial charge in [0.15, 0.2) is 0 Å². The van der Waals surface area contributed by atoms with E-state index in [1.165, 1.54) is 0 Å². The number of carbonyl (C=O) groups excluding carboxylic acids is 2. The maximum atomic E-state index is 13.7. The molecule has 5 rings (SSSR count). The topological polar surface area (TPSA) is 53.5 Å². The average Bonchev–Trinajstić information content (AvgIpc) is 3.15. The molecule has 1 aliphatic rings. The van der Waals surface area contributed by atoms with Gasteiger partial charge in [0.2, 0.25) is 5.91 Å². The van der Waals surface area contributed by atoms with E-state index in [1.54, 1.807) is 6.92 Å². The van der Waals surface area contributed by atoms with Gasteiger partial charge in [-0.3, -0.25) is 9.59 Å². The van der Waals surface area contributed by atoms with Gasteiger partial charge in [0.25, 0.3) is 5.91 Å². The Morgan fingerprint density at radius 1 is 0.706 bits per heavy atom. The molecule has 4 aromatic rings. The molecule has 0 atom stereocenters. The number of hydrogen-bond donors (Lipinski definition) is 0. The van der Waals surface area contributed by atoms with E-state index >= 15 is 0 Å². The number of pyridine rings is 1. The largest absolute Gasteiger partial charge is 0.341 e. The first-order valence-electron chi connectivity index (χ1n) is 11.7. The molecule has 0 spiro atoms. The van der Waals surface area contributed by atoms with Crippen molar-refractivity contribution in [3.05, 3.63) is 90.5 Å². The number of carbonyl (C=O) groups is 2. The van der Waals surface area contributed by atoms with E-state index in [2.05, 4.69) is 36.4 Å². The number of benzene rings is 3. The van der Waals surface area contributed by atoms with E-state index in [9.17, 15) is 9.59 Å². The predicted molar refractivity (Wildman–Crippen MR) is 135 cm³/mol. The van der Waals surface area contributed by atoms with E-state index in [0.717, 1.165) is 39.7 Å². The molecule has 0 N–H and O–H groups in total. The lowest BCUT2D eigenvalue weighted by atomic mass is 10.00. The van der Waals surface area contributed by atoms with Crippen molar-refractivity contribution in [1.29, 1.82) is 0 Å². The van der Waals surface area contributed by atoms with Crippen molar-refractivity contribution < 1.29 is 9.59 Å². The fraction of sp³-hybridized carbons (Fsp3) is 0.207. The van der Waals surface area contributed by atoms with Crippen LogP contribution in [0.1, 0.15) is 23.7 Å². The van der Waals surface area contributed by atoms with Gasteiger partial charge in [0, 0.05) is 44.1 Å². The Kier molecular flexibility index (Phi) is 6.09. The third-order valence-corrected chi connectivity index (χ3v) is 6.46. The van der Waals surface area contributed by atoms with E-state index in [-0.39, 0.29) is 11.8 Å². The van der Waals surface area contributed by atoms with Gasteiger partial charge in [-0.05, 0) is 29.7 Å². The predicted octanol–water partition coefficient (Wildman–Crippen LogP) is 5.26. The molecule has 1 saturated heterocycles. The number of aromatic nitrogens is 1. The molecule has 1 aliphatic heterocycles. The number of hydrogen-bond acceptors (Lipinski definition) is 3. The summed E-state index contributed by atoms with van der Waals surface area (Å²) in [5, 5.41) is 0.852. The summed E-state index contributed by atoms with van der Waals surface area (Å²) in [5.41, 5.74) is 5.51. The van der Waals surface area contributed by atoms with E-state index in [4.69, 9.17) is 4.98 Å². The highest BCUT2D eigenvalue weighted by Gasteiger charge is 2.23. The summed E-state index contributed by atoms with van der Waals surface area (Å²) in [6, 6.07) is 28.3. The molecule has 170 valence electrons. The molecule has 3 aromatic carbocycles. The normalized spacial score (nSPS) is 14.1. The second-order valence-electron chi connectivity index (χ2n) is 8.67. The van der Waals surface area contributed by atoms with Crippen LogP contribution in [0, 0.1) is 0 Å². The lowest BCUT2D eigenvalue weighted by Crippen LogP contribution is -2.36. The maximum Gasteiger partial charge on any atom is 0.254 e. The zero-order chi connectivity index (χ0) is 23.5. The van der Waals surface area contributed by atoms with Crippen molar-refractivity contribution in [2.24, 2.45) is 0 Å². The highest BCUT2D eigenvalue weighted by atomic mass is 16.2. The number of para-hydroxylation sites is 1. The van der Waals surface area contributed by atoms with Gasteiger partial charge in [0.05, 0.1) is 16.8 Å². The van der Waals surface area contributed by atoms with Crippen LogP contribution in [0.4, 0.5) is 0 Å². The lowest BCUT2D eigenvalue weighted by molar-refractivity contribution is -0.128. The fourth-order valence-electron chi connectivity index (χ4n) is 4.57. The number of amides is 2. The highest BCUT2D eigenvalue weighted by Crippen LogP contribution is 2.28. The molecule has 0 bridgehead atoms. The first-order valence-corrected chi connectivity index (χ1v) is 11.7. The SMILES string of the molecule is CC(=O)N1CCCN(C(=O)c2cc(-c3ccc(-c4ccccc4)cc3)nc3ccccc23)CC1. The van der Waals surface area contributed by atoms with Gasteiger partial charge >= 0.3 is 0 Å². The molecule has 2 heterocycles. The second-order valence-corrected chi connectivity index (χ2v) is 8.67. The Morgan fingerprint density at radius 2 is 1.32 bits per heavy atom. The van der Waals surface area contributed by atoms with Crippen molar-refractivity contribution in [1.82, 2.24) is 14.8 Å². The molecule has 1 aromatic heterocycles. The Hall–Kier alpha value is -3.99.